The average molecular weight is 633 g/mol. The molecule has 0 fully saturated rings. The van der Waals surface area contributed by atoms with Crippen molar-refractivity contribution in [2.24, 2.45) is 15.8 Å². The van der Waals surface area contributed by atoms with Crippen LogP contribution in [0.25, 0.3) is 0 Å². The molecule has 0 saturated carbocycles. The molecule has 3 aromatic rings. The van der Waals surface area contributed by atoms with E-state index in [0.717, 1.165) is 35.4 Å². The zero-order valence-electron chi connectivity index (χ0n) is 25.9. The number of aryl methyl sites for hydroxylation is 1. The molecule has 13 heteroatoms. The van der Waals surface area contributed by atoms with Gasteiger partial charge in [0.05, 0.1) is 17.2 Å². The summed E-state index contributed by atoms with van der Waals surface area (Å²) in [6, 6.07) is 15.5. The smallest absolute Gasteiger partial charge is 0.404 e. The van der Waals surface area contributed by atoms with E-state index in [1.54, 1.807) is 37.2 Å². The molecule has 10 nitrogen and oxygen atoms in total. The molecule has 240 valence electrons. The number of amidine groups is 2. The summed E-state index contributed by atoms with van der Waals surface area (Å²) in [6.07, 6.45) is -2.34. The van der Waals surface area contributed by atoms with Gasteiger partial charge in [-0.2, -0.15) is 18.3 Å². The van der Waals surface area contributed by atoms with E-state index in [-0.39, 0.29) is 24.2 Å². The zero-order valence-corrected chi connectivity index (χ0v) is 25.9. The number of hydrogen-bond acceptors (Lipinski definition) is 7. The molecule has 5 rings (SSSR count). The number of halogens is 3. The normalized spacial score (nSPS) is 18.0. The van der Waals surface area contributed by atoms with Crippen LogP contribution in [-0.2, 0) is 17.4 Å². The number of alkyl halides is 3. The molecular formula is C33H35F3N8O2. The minimum atomic E-state index is -4.56. The predicted molar refractivity (Wildman–Crippen MR) is 174 cm³/mol. The number of carbonyl (C=O) groups excluding carboxylic acids is 2. The summed E-state index contributed by atoms with van der Waals surface area (Å²) in [4.78, 5) is 31.3. The van der Waals surface area contributed by atoms with Gasteiger partial charge in [-0.25, -0.2) is 10.0 Å². The van der Waals surface area contributed by atoms with E-state index < -0.39 is 17.6 Å². The lowest BCUT2D eigenvalue weighted by molar-refractivity contribution is -0.137. The van der Waals surface area contributed by atoms with Gasteiger partial charge in [0.2, 0.25) is 5.91 Å². The summed E-state index contributed by atoms with van der Waals surface area (Å²) in [7, 11) is 1.74. The Morgan fingerprint density at radius 3 is 2.59 bits per heavy atom. The van der Waals surface area contributed by atoms with Crippen molar-refractivity contribution in [1.82, 2.24) is 9.91 Å². The number of nitrogens with one attached hydrogen (secondary N) is 3. The third-order valence-corrected chi connectivity index (χ3v) is 8.02. The Morgan fingerprint density at radius 1 is 1.11 bits per heavy atom. The summed E-state index contributed by atoms with van der Waals surface area (Å²) in [5.41, 5.74) is 10.6. The molecule has 0 bridgehead atoms. The van der Waals surface area contributed by atoms with Gasteiger partial charge in [-0.05, 0) is 79.4 Å². The van der Waals surface area contributed by atoms with E-state index in [0.29, 0.717) is 35.2 Å². The van der Waals surface area contributed by atoms with Crippen molar-refractivity contribution in [3.63, 3.8) is 0 Å². The van der Waals surface area contributed by atoms with Gasteiger partial charge in [-0.15, -0.1) is 0 Å². The van der Waals surface area contributed by atoms with Crippen molar-refractivity contribution in [2.75, 3.05) is 36.2 Å². The third-order valence-electron chi connectivity index (χ3n) is 8.02. The molecule has 0 aromatic heterocycles. The van der Waals surface area contributed by atoms with E-state index >= 15 is 0 Å². The maximum absolute atomic E-state index is 13.1. The first-order valence-corrected chi connectivity index (χ1v) is 14.7. The lowest BCUT2D eigenvalue weighted by Crippen LogP contribution is -2.37. The highest BCUT2D eigenvalue weighted by atomic mass is 19.4. The topological polar surface area (TPSA) is 127 Å². The van der Waals surface area contributed by atoms with Gasteiger partial charge in [0, 0.05) is 49.3 Å². The van der Waals surface area contributed by atoms with Crippen LogP contribution in [0.5, 0.6) is 0 Å². The number of amides is 2. The molecule has 2 aliphatic heterocycles. The standard InChI is InChI=1S/C33H35F3N8O2/c1-19-8-10-26(40-32(46)23-6-5-7-24(14-23)33(34,35)36)16-29(19)41-30-28(17-37)31(43(4)42-30)39-18-38-25-11-9-22-12-13-44(21(3)45)20(2)27(22)15-25/h5-11,14-17,20,38H,12-13,18,37H2,1-4H3,(H,40,46)(H,41,42)/b28-17-,39-31+. The molecule has 0 radical (unpaired) electrons. The highest BCUT2D eigenvalue weighted by Crippen LogP contribution is 2.32. The second-order valence-corrected chi connectivity index (χ2v) is 11.1. The van der Waals surface area contributed by atoms with Crippen molar-refractivity contribution in [3.05, 3.63) is 100 Å². The van der Waals surface area contributed by atoms with Crippen LogP contribution in [0.15, 0.2) is 82.5 Å². The average Bonchev–Trinajstić information content (AvgIpc) is 3.31. The number of anilines is 3. The highest BCUT2D eigenvalue weighted by Gasteiger charge is 2.31. The number of aliphatic imine (C=N–C) groups is 1. The van der Waals surface area contributed by atoms with Gasteiger partial charge in [-0.1, -0.05) is 18.2 Å². The fourth-order valence-corrected chi connectivity index (χ4v) is 5.53. The van der Waals surface area contributed by atoms with E-state index in [1.165, 1.54) is 23.9 Å². The summed E-state index contributed by atoms with van der Waals surface area (Å²) in [5.74, 6) is 0.339. The first-order valence-electron chi connectivity index (χ1n) is 14.7. The molecule has 0 spiro atoms. The second kappa shape index (κ2) is 13.0. The number of nitrogens with zero attached hydrogens (tertiary/aromatic N) is 4. The van der Waals surface area contributed by atoms with Crippen LogP contribution in [-0.4, -0.2) is 53.7 Å². The molecule has 2 aliphatic rings. The van der Waals surface area contributed by atoms with Crippen LogP contribution >= 0.6 is 0 Å². The van der Waals surface area contributed by atoms with Gasteiger partial charge in [0.25, 0.3) is 5.91 Å². The Hall–Kier alpha value is -5.33. The summed E-state index contributed by atoms with van der Waals surface area (Å²) >= 11 is 0. The number of benzene rings is 3. The Bertz CT molecular complexity index is 1770. The van der Waals surface area contributed by atoms with Gasteiger partial charge in [0.1, 0.15) is 6.67 Å². The molecule has 0 aliphatic carbocycles. The van der Waals surface area contributed by atoms with Crippen LogP contribution in [0.4, 0.5) is 30.2 Å². The number of nitrogens with two attached hydrogens (primary N) is 1. The van der Waals surface area contributed by atoms with Crippen molar-refractivity contribution >= 4 is 40.5 Å². The van der Waals surface area contributed by atoms with Crippen LogP contribution in [0.1, 0.15) is 52.5 Å². The van der Waals surface area contributed by atoms with E-state index in [1.807, 2.05) is 24.8 Å². The summed E-state index contributed by atoms with van der Waals surface area (Å²) in [6.45, 7) is 6.42. The molecule has 0 saturated heterocycles. The van der Waals surface area contributed by atoms with Crippen molar-refractivity contribution < 1.29 is 22.8 Å². The van der Waals surface area contributed by atoms with Crippen LogP contribution in [0.2, 0.25) is 0 Å². The Kier molecular flexibility index (Phi) is 9.03. The van der Waals surface area contributed by atoms with Gasteiger partial charge in [0.15, 0.2) is 11.7 Å². The fraction of sp³-hybridized carbons (Fsp3) is 0.273. The molecule has 1 atom stereocenters. The maximum atomic E-state index is 13.1. The van der Waals surface area contributed by atoms with E-state index in [9.17, 15) is 22.8 Å². The number of rotatable bonds is 6. The maximum Gasteiger partial charge on any atom is 0.416 e. The number of fused-ring (bicyclic) bond motifs is 1. The summed E-state index contributed by atoms with van der Waals surface area (Å²) in [5, 5.41) is 15.4. The number of carbonyl (C=O) groups is 2. The zero-order chi connectivity index (χ0) is 33.2. The largest absolute Gasteiger partial charge is 0.416 e. The highest BCUT2D eigenvalue weighted by molar-refractivity contribution is 6.29. The summed E-state index contributed by atoms with van der Waals surface area (Å²) < 4.78 is 39.4. The first kappa shape index (κ1) is 32.1. The third kappa shape index (κ3) is 6.82. The SMILES string of the molecule is CC(=O)N1CCc2ccc(NC/N=C3\C(=C/N)C(Nc4cc(NC(=O)c5cccc(C(F)(F)F)c5)ccc4C)=NN3C)cc2C1C. The molecule has 1 unspecified atom stereocenters. The lowest BCUT2D eigenvalue weighted by atomic mass is 9.93. The Morgan fingerprint density at radius 2 is 1.87 bits per heavy atom. The Balaban J connectivity index is 1.26. The van der Waals surface area contributed by atoms with Gasteiger partial charge >= 0.3 is 6.18 Å². The van der Waals surface area contributed by atoms with Crippen LogP contribution in [0, 0.1) is 6.92 Å². The molecule has 46 heavy (non-hydrogen) atoms. The van der Waals surface area contributed by atoms with Crippen molar-refractivity contribution in [1.29, 1.82) is 0 Å². The number of likely N-dealkylation sites (N-methyl/N-ethyl adjacent to an activating group) is 1. The van der Waals surface area contributed by atoms with E-state index in [2.05, 4.69) is 38.2 Å². The number of hydrazone groups is 1. The minimum absolute atomic E-state index is 0.0139. The predicted octanol–water partition coefficient (Wildman–Crippen LogP) is 5.71. The molecule has 3 aromatic carbocycles. The quantitative estimate of drug-likeness (QED) is 0.276. The molecule has 2 heterocycles. The fourth-order valence-electron chi connectivity index (χ4n) is 5.53. The minimum Gasteiger partial charge on any atom is -0.404 e. The van der Waals surface area contributed by atoms with Gasteiger partial charge < -0.3 is 26.6 Å². The number of hydrogen-bond donors (Lipinski definition) is 4. The first-order chi connectivity index (χ1) is 21.8. The van der Waals surface area contributed by atoms with Crippen LogP contribution < -0.4 is 21.7 Å². The lowest BCUT2D eigenvalue weighted by Gasteiger charge is -2.35. The molecule has 5 N–H and O–H groups in total. The molecular weight excluding hydrogens is 597 g/mol. The monoisotopic (exact) mass is 632 g/mol. The Labute approximate surface area is 264 Å². The second-order valence-electron chi connectivity index (χ2n) is 11.1. The van der Waals surface area contributed by atoms with E-state index in [4.69, 9.17) is 5.73 Å². The molecule has 2 amide bonds. The van der Waals surface area contributed by atoms with Crippen LogP contribution in [0.3, 0.4) is 0 Å². The van der Waals surface area contributed by atoms with Crippen molar-refractivity contribution in [2.45, 2.75) is 39.4 Å². The van der Waals surface area contributed by atoms with Gasteiger partial charge in [-0.3, -0.25) is 9.59 Å². The van der Waals surface area contributed by atoms with Crippen molar-refractivity contribution in [3.8, 4) is 0 Å².